The van der Waals surface area contributed by atoms with Crippen molar-refractivity contribution in [2.24, 2.45) is 0 Å². The molecule has 1 heterocycles. The van der Waals surface area contributed by atoms with E-state index >= 15 is 0 Å². The number of hydrogen-bond acceptors (Lipinski definition) is 5. The zero-order valence-electron chi connectivity index (χ0n) is 13.7. The fourth-order valence-corrected chi connectivity index (χ4v) is 2.52. The summed E-state index contributed by atoms with van der Waals surface area (Å²) in [6.07, 6.45) is 1.47. The van der Waals surface area contributed by atoms with Crippen molar-refractivity contribution in [2.75, 3.05) is 0 Å². The Morgan fingerprint density at radius 3 is 2.67 bits per heavy atom. The summed E-state index contributed by atoms with van der Waals surface area (Å²) in [5.74, 6) is -0.250. The normalized spacial score (nSPS) is 10.9. The average Bonchev–Trinajstić information content (AvgIpc) is 3.14. The molecule has 3 rings (SSSR count). The highest BCUT2D eigenvalue weighted by atomic mass is 19.1. The molecular weight excluding hydrogens is 349 g/mol. The van der Waals surface area contributed by atoms with Gasteiger partial charge in [0.2, 0.25) is 0 Å². The third-order valence-electron chi connectivity index (χ3n) is 3.76. The first-order valence-corrected chi connectivity index (χ1v) is 7.68. The fourth-order valence-electron chi connectivity index (χ4n) is 2.52. The number of nitrogens with zero attached hydrogens (tertiary/aromatic N) is 3. The Kier molecular flexibility index (Phi) is 4.78. The molecule has 1 aromatic heterocycles. The lowest BCUT2D eigenvalue weighted by Crippen LogP contribution is -1.92. The van der Waals surface area contributed by atoms with Crippen molar-refractivity contribution in [3.8, 4) is 23.5 Å². The summed E-state index contributed by atoms with van der Waals surface area (Å²) in [5, 5.41) is 29.5. The Bertz CT molecular complexity index is 1150. The predicted molar refractivity (Wildman–Crippen MR) is 95.4 cm³/mol. The van der Waals surface area contributed by atoms with E-state index in [4.69, 9.17) is 9.68 Å². The van der Waals surface area contributed by atoms with E-state index in [1.807, 2.05) is 12.1 Å². The van der Waals surface area contributed by atoms with Crippen LogP contribution in [0.5, 0.6) is 0 Å². The molecule has 0 atom stereocenters. The quantitative estimate of drug-likeness (QED) is 0.373. The minimum Gasteiger partial charge on any atom is -0.456 e. The molecule has 0 radical (unpaired) electrons. The molecule has 130 valence electrons. The van der Waals surface area contributed by atoms with Crippen LogP contribution in [-0.4, -0.2) is 4.92 Å². The van der Waals surface area contributed by atoms with Gasteiger partial charge >= 0.3 is 0 Å². The van der Waals surface area contributed by atoms with E-state index in [1.54, 1.807) is 30.3 Å². The standard InChI is InChI=1S/C20H10FN3O3/c21-16-4-6-18(19(10-16)24(25)26)20-7-5-17(27-20)9-15(12-23)14-3-1-2-13(8-14)11-22/h1-10H/b15-9-. The number of hydrogen-bond donors (Lipinski definition) is 0. The molecular formula is C20H10FN3O3. The van der Waals surface area contributed by atoms with Crippen molar-refractivity contribution >= 4 is 17.3 Å². The second kappa shape index (κ2) is 7.34. The van der Waals surface area contributed by atoms with E-state index in [2.05, 4.69) is 0 Å². The number of nitro benzene ring substituents is 1. The summed E-state index contributed by atoms with van der Waals surface area (Å²) in [7, 11) is 0. The molecule has 0 amide bonds. The van der Waals surface area contributed by atoms with Crippen LogP contribution in [0.25, 0.3) is 23.0 Å². The van der Waals surface area contributed by atoms with Gasteiger partial charge in [0.15, 0.2) is 0 Å². The van der Waals surface area contributed by atoms with Gasteiger partial charge in [-0.3, -0.25) is 10.1 Å². The molecule has 0 aliphatic heterocycles. The van der Waals surface area contributed by atoms with Gasteiger partial charge in [0.1, 0.15) is 17.3 Å². The first-order chi connectivity index (χ1) is 13.0. The average molecular weight is 359 g/mol. The fraction of sp³-hybridized carbons (Fsp3) is 0. The number of nitro groups is 1. The summed E-state index contributed by atoms with van der Waals surface area (Å²) in [6.45, 7) is 0. The van der Waals surface area contributed by atoms with Gasteiger partial charge in [-0.25, -0.2) is 4.39 Å². The van der Waals surface area contributed by atoms with Crippen LogP contribution < -0.4 is 0 Å². The van der Waals surface area contributed by atoms with E-state index in [1.165, 1.54) is 18.2 Å². The van der Waals surface area contributed by atoms with Gasteiger partial charge in [-0.2, -0.15) is 10.5 Å². The molecule has 0 unspecified atom stereocenters. The van der Waals surface area contributed by atoms with Crippen LogP contribution >= 0.6 is 0 Å². The lowest BCUT2D eigenvalue weighted by Gasteiger charge is -2.00. The summed E-state index contributed by atoms with van der Waals surface area (Å²) in [5.41, 5.74) is 0.938. The second-order valence-corrected chi connectivity index (χ2v) is 5.48. The molecule has 27 heavy (non-hydrogen) atoms. The summed E-state index contributed by atoms with van der Waals surface area (Å²) in [6, 6.07) is 16.8. The Balaban J connectivity index is 2.01. The van der Waals surface area contributed by atoms with Gasteiger partial charge in [-0.15, -0.1) is 0 Å². The number of nitriles is 2. The van der Waals surface area contributed by atoms with Crippen LogP contribution in [0.3, 0.4) is 0 Å². The minimum absolute atomic E-state index is 0.131. The first-order valence-electron chi connectivity index (χ1n) is 7.68. The highest BCUT2D eigenvalue weighted by Crippen LogP contribution is 2.32. The van der Waals surface area contributed by atoms with E-state index in [0.717, 1.165) is 12.1 Å². The van der Waals surface area contributed by atoms with Gasteiger partial charge in [0.25, 0.3) is 5.69 Å². The summed E-state index contributed by atoms with van der Waals surface area (Å²) >= 11 is 0. The van der Waals surface area contributed by atoms with E-state index < -0.39 is 16.4 Å². The molecule has 7 heteroatoms. The molecule has 0 N–H and O–H groups in total. The molecule has 0 saturated carbocycles. The summed E-state index contributed by atoms with van der Waals surface area (Å²) < 4.78 is 18.9. The van der Waals surface area contributed by atoms with Gasteiger partial charge in [-0.05, 0) is 48.0 Å². The number of allylic oxidation sites excluding steroid dienone is 1. The van der Waals surface area contributed by atoms with Gasteiger partial charge < -0.3 is 4.42 Å². The maximum atomic E-state index is 13.3. The first kappa shape index (κ1) is 17.6. The van der Waals surface area contributed by atoms with Crippen LogP contribution in [0.15, 0.2) is 59.0 Å². The highest BCUT2D eigenvalue weighted by Gasteiger charge is 2.19. The molecule has 0 saturated heterocycles. The Hall–Kier alpha value is -4.23. The second-order valence-electron chi connectivity index (χ2n) is 5.48. The Morgan fingerprint density at radius 1 is 1.15 bits per heavy atom. The molecule has 3 aromatic rings. The highest BCUT2D eigenvalue weighted by molar-refractivity contribution is 5.89. The number of rotatable bonds is 4. The molecule has 0 aliphatic rings. The molecule has 0 aliphatic carbocycles. The van der Waals surface area contributed by atoms with Crippen molar-refractivity contribution < 1.29 is 13.7 Å². The molecule has 0 bridgehead atoms. The molecule has 0 spiro atoms. The van der Waals surface area contributed by atoms with Crippen molar-refractivity contribution in [1.29, 1.82) is 10.5 Å². The van der Waals surface area contributed by atoms with Crippen molar-refractivity contribution in [3.63, 3.8) is 0 Å². The van der Waals surface area contributed by atoms with Gasteiger partial charge in [0, 0.05) is 0 Å². The van der Waals surface area contributed by atoms with Gasteiger partial charge in [0.05, 0.1) is 39.8 Å². The minimum atomic E-state index is -0.721. The Morgan fingerprint density at radius 2 is 1.96 bits per heavy atom. The van der Waals surface area contributed by atoms with Crippen molar-refractivity contribution in [1.82, 2.24) is 0 Å². The smallest absolute Gasteiger partial charge is 0.283 e. The summed E-state index contributed by atoms with van der Waals surface area (Å²) in [4.78, 5) is 10.4. The molecule has 6 nitrogen and oxygen atoms in total. The predicted octanol–water partition coefficient (Wildman–Crippen LogP) is 4.93. The van der Waals surface area contributed by atoms with E-state index in [-0.39, 0.29) is 16.9 Å². The van der Waals surface area contributed by atoms with Crippen LogP contribution in [0.1, 0.15) is 16.9 Å². The topological polar surface area (TPSA) is 104 Å². The van der Waals surface area contributed by atoms with Crippen LogP contribution in [0.2, 0.25) is 0 Å². The SMILES string of the molecule is N#C/C(=C/c1ccc(-c2ccc(F)cc2[N+](=O)[O-])o1)c1cccc(C#N)c1. The number of halogens is 1. The number of furan rings is 1. The third kappa shape index (κ3) is 3.73. The zero-order chi connectivity index (χ0) is 19.4. The zero-order valence-corrected chi connectivity index (χ0v) is 13.7. The molecule has 0 fully saturated rings. The number of benzene rings is 2. The third-order valence-corrected chi connectivity index (χ3v) is 3.76. The van der Waals surface area contributed by atoms with Crippen LogP contribution in [0, 0.1) is 38.6 Å². The monoisotopic (exact) mass is 359 g/mol. The Labute approximate surface area is 153 Å². The van der Waals surface area contributed by atoms with Gasteiger partial charge in [-0.1, -0.05) is 12.1 Å². The largest absolute Gasteiger partial charge is 0.456 e. The molecule has 2 aromatic carbocycles. The maximum absolute atomic E-state index is 13.3. The maximum Gasteiger partial charge on any atom is 0.283 e. The van der Waals surface area contributed by atoms with Crippen molar-refractivity contribution in [2.45, 2.75) is 0 Å². The van der Waals surface area contributed by atoms with Crippen molar-refractivity contribution in [3.05, 3.63) is 87.4 Å². The van der Waals surface area contributed by atoms with Crippen LogP contribution in [-0.2, 0) is 0 Å². The lowest BCUT2D eigenvalue weighted by atomic mass is 10.0. The van der Waals surface area contributed by atoms with Crippen LogP contribution in [0.4, 0.5) is 10.1 Å². The lowest BCUT2D eigenvalue weighted by molar-refractivity contribution is -0.384. The van der Waals surface area contributed by atoms with E-state index in [0.29, 0.717) is 16.9 Å². The van der Waals surface area contributed by atoms with E-state index in [9.17, 15) is 19.8 Å².